The molecule has 1 aromatic carbocycles. The lowest BCUT2D eigenvalue weighted by Gasteiger charge is -2.46. The van der Waals surface area contributed by atoms with Gasteiger partial charge in [0.1, 0.15) is 4.62 Å². The number of carbonyl (C=O) groups is 1. The van der Waals surface area contributed by atoms with Gasteiger partial charge in [-0.05, 0) is 22.0 Å². The zero-order valence-corrected chi connectivity index (χ0v) is 13.1. The second kappa shape index (κ2) is 4.10. The summed E-state index contributed by atoms with van der Waals surface area (Å²) in [6.45, 7) is 0. The summed E-state index contributed by atoms with van der Waals surface area (Å²) in [5, 5.41) is 14.9. The van der Waals surface area contributed by atoms with Crippen LogP contribution in [0.15, 0.2) is 29.4 Å². The molecule has 114 valence electrons. The minimum Gasteiger partial charge on any atom is -0.388 e. The van der Waals surface area contributed by atoms with Gasteiger partial charge < -0.3 is 14.7 Å². The molecule has 0 aromatic heterocycles. The van der Waals surface area contributed by atoms with Crippen molar-refractivity contribution in [2.45, 2.75) is 31.0 Å². The molecule has 0 saturated carbocycles. The molecule has 5 atom stereocenters. The Morgan fingerprint density at radius 2 is 2.23 bits per heavy atom. The molecule has 22 heavy (non-hydrogen) atoms. The van der Waals surface area contributed by atoms with E-state index in [2.05, 4.69) is 21.1 Å². The number of rotatable bonds is 0. The molecule has 5 rings (SSSR count). The number of fused-ring (bicyclic) bond motifs is 4. The third kappa shape index (κ3) is 1.33. The van der Waals surface area contributed by atoms with Crippen LogP contribution in [-0.2, 0) is 14.4 Å². The summed E-state index contributed by atoms with van der Waals surface area (Å²) in [5.74, 6) is -0.464. The van der Waals surface area contributed by atoms with Crippen LogP contribution in [0.1, 0.15) is 24.5 Å². The quantitative estimate of drug-likeness (QED) is 0.762. The molecule has 1 N–H and O–H groups in total. The van der Waals surface area contributed by atoms with Crippen LogP contribution >= 0.6 is 15.9 Å². The second-order valence-corrected chi connectivity index (χ2v) is 6.95. The molecular weight excluding hydrogens is 352 g/mol. The standard InChI is InChI=1S/C15H13BrN2O4/c16-13-10-11-12(20)7-3-1-2-4-8(7)18-9(19)5-6-15(11,18)21-14(10)22-17-13/h1-4,10-12,14,20H,5-6H2. The number of hydrogen-bond donors (Lipinski definition) is 1. The van der Waals surface area contributed by atoms with Gasteiger partial charge in [0.25, 0.3) is 0 Å². The molecule has 0 bridgehead atoms. The van der Waals surface area contributed by atoms with E-state index >= 15 is 0 Å². The van der Waals surface area contributed by atoms with Crippen LogP contribution in [0.4, 0.5) is 5.69 Å². The van der Waals surface area contributed by atoms with Crippen LogP contribution in [0.3, 0.4) is 0 Å². The Balaban J connectivity index is 1.75. The largest absolute Gasteiger partial charge is 0.388 e. The highest BCUT2D eigenvalue weighted by Gasteiger charge is 2.69. The van der Waals surface area contributed by atoms with Gasteiger partial charge in [0.05, 0.1) is 23.6 Å². The minimum atomic E-state index is -0.838. The van der Waals surface area contributed by atoms with Crippen LogP contribution in [0.25, 0.3) is 0 Å². The maximum absolute atomic E-state index is 12.5. The highest BCUT2D eigenvalue weighted by molar-refractivity contribution is 9.18. The summed E-state index contributed by atoms with van der Waals surface area (Å²) in [7, 11) is 0. The van der Waals surface area contributed by atoms with Crippen LogP contribution in [0.2, 0.25) is 0 Å². The maximum atomic E-state index is 12.5. The molecule has 4 heterocycles. The lowest BCUT2D eigenvalue weighted by Crippen LogP contribution is -2.56. The summed E-state index contributed by atoms with van der Waals surface area (Å²) >= 11 is 3.41. The summed E-state index contributed by atoms with van der Waals surface area (Å²) < 4.78 is 6.78. The molecule has 0 aliphatic carbocycles. The van der Waals surface area contributed by atoms with E-state index in [9.17, 15) is 9.90 Å². The second-order valence-electron chi connectivity index (χ2n) is 6.13. The molecule has 6 nitrogen and oxygen atoms in total. The zero-order chi connectivity index (χ0) is 15.1. The number of para-hydroxylation sites is 1. The number of amides is 1. The van der Waals surface area contributed by atoms with Crippen molar-refractivity contribution in [2.75, 3.05) is 4.90 Å². The Morgan fingerprint density at radius 3 is 3.09 bits per heavy atom. The lowest BCUT2D eigenvalue weighted by molar-refractivity contribution is -0.171. The first-order chi connectivity index (χ1) is 10.6. The van der Waals surface area contributed by atoms with E-state index < -0.39 is 18.1 Å². The third-order valence-corrected chi connectivity index (χ3v) is 5.87. The van der Waals surface area contributed by atoms with Gasteiger partial charge in [-0.25, -0.2) is 0 Å². The fourth-order valence-electron chi connectivity index (χ4n) is 4.38. The normalized spacial score (nSPS) is 41.5. The zero-order valence-electron chi connectivity index (χ0n) is 11.5. The van der Waals surface area contributed by atoms with Crippen molar-refractivity contribution >= 4 is 32.1 Å². The Bertz CT molecular complexity index is 723. The van der Waals surface area contributed by atoms with Crippen molar-refractivity contribution in [1.82, 2.24) is 0 Å². The van der Waals surface area contributed by atoms with Crippen molar-refractivity contribution in [3.05, 3.63) is 29.8 Å². The average molecular weight is 365 g/mol. The topological polar surface area (TPSA) is 71.4 Å². The molecular formula is C15H13BrN2O4. The predicted molar refractivity (Wildman–Crippen MR) is 80.2 cm³/mol. The van der Waals surface area contributed by atoms with Gasteiger partial charge in [0, 0.05) is 18.4 Å². The number of aliphatic hydroxyl groups excluding tert-OH is 1. The number of oxime groups is 1. The van der Waals surface area contributed by atoms with Crippen LogP contribution in [0, 0.1) is 11.8 Å². The number of nitrogens with zero attached hydrogens (tertiary/aromatic N) is 2. The van der Waals surface area contributed by atoms with Gasteiger partial charge in [-0.2, -0.15) is 0 Å². The minimum absolute atomic E-state index is 0.0254. The van der Waals surface area contributed by atoms with Gasteiger partial charge >= 0.3 is 0 Å². The first-order valence-electron chi connectivity index (χ1n) is 7.30. The molecule has 1 spiro atoms. The smallest absolute Gasteiger partial charge is 0.238 e. The van der Waals surface area contributed by atoms with Crippen molar-refractivity contribution < 1.29 is 19.5 Å². The van der Waals surface area contributed by atoms with Gasteiger partial charge in [0.2, 0.25) is 12.2 Å². The molecule has 7 heteroatoms. The highest BCUT2D eigenvalue weighted by atomic mass is 79.9. The van der Waals surface area contributed by atoms with Gasteiger partial charge in [0.15, 0.2) is 5.72 Å². The number of hydrogen-bond acceptors (Lipinski definition) is 5. The van der Waals surface area contributed by atoms with Crippen molar-refractivity contribution in [1.29, 1.82) is 0 Å². The molecule has 1 aromatic rings. The SMILES string of the molecule is O=C1CCC23OC4ON=C(Br)C4C2C(O)c2ccccc2N13. The van der Waals surface area contributed by atoms with E-state index in [1.165, 1.54) is 0 Å². The van der Waals surface area contributed by atoms with E-state index in [4.69, 9.17) is 9.57 Å². The van der Waals surface area contributed by atoms with Gasteiger partial charge in [-0.15, -0.1) is 0 Å². The Labute approximate surface area is 134 Å². The van der Waals surface area contributed by atoms with Gasteiger partial charge in [-0.3, -0.25) is 9.69 Å². The molecule has 4 aliphatic rings. The first-order valence-corrected chi connectivity index (χ1v) is 8.10. The molecule has 2 fully saturated rings. The molecule has 2 saturated heterocycles. The predicted octanol–water partition coefficient (Wildman–Crippen LogP) is 1.88. The van der Waals surface area contributed by atoms with E-state index in [-0.39, 0.29) is 17.7 Å². The highest BCUT2D eigenvalue weighted by Crippen LogP contribution is 2.61. The van der Waals surface area contributed by atoms with E-state index in [0.717, 1.165) is 11.3 Å². The van der Waals surface area contributed by atoms with E-state index in [1.807, 2.05) is 24.3 Å². The fraction of sp³-hybridized carbons (Fsp3) is 0.467. The number of aliphatic hydroxyl groups is 1. The number of carbonyl (C=O) groups excluding carboxylic acids is 1. The number of halogens is 1. The van der Waals surface area contributed by atoms with Crippen LogP contribution < -0.4 is 4.90 Å². The number of anilines is 1. The van der Waals surface area contributed by atoms with Crippen LogP contribution in [0.5, 0.6) is 0 Å². The number of benzene rings is 1. The monoisotopic (exact) mass is 364 g/mol. The van der Waals surface area contributed by atoms with E-state index in [0.29, 0.717) is 17.5 Å². The van der Waals surface area contributed by atoms with Gasteiger partial charge in [-0.1, -0.05) is 23.4 Å². The lowest BCUT2D eigenvalue weighted by atomic mass is 9.75. The fourth-order valence-corrected chi connectivity index (χ4v) is 4.96. The van der Waals surface area contributed by atoms with E-state index in [1.54, 1.807) is 4.90 Å². The molecule has 1 amide bonds. The summed E-state index contributed by atoms with van der Waals surface area (Å²) in [5.41, 5.74) is 0.659. The van der Waals surface area contributed by atoms with Crippen molar-refractivity contribution in [2.24, 2.45) is 17.0 Å². The molecule has 5 unspecified atom stereocenters. The van der Waals surface area contributed by atoms with Crippen molar-refractivity contribution in [3.63, 3.8) is 0 Å². The maximum Gasteiger partial charge on any atom is 0.238 e. The molecule has 0 radical (unpaired) electrons. The Hall–Kier alpha value is -1.44. The Morgan fingerprint density at radius 1 is 1.41 bits per heavy atom. The first kappa shape index (κ1) is 13.0. The average Bonchev–Trinajstić information content (AvgIpc) is 3.14. The summed E-state index contributed by atoms with van der Waals surface area (Å²) in [6, 6.07) is 7.47. The van der Waals surface area contributed by atoms with Crippen molar-refractivity contribution in [3.8, 4) is 0 Å². The summed E-state index contributed by atoms with van der Waals surface area (Å²) in [4.78, 5) is 19.6. The van der Waals surface area contributed by atoms with Crippen LogP contribution in [-0.4, -0.2) is 27.6 Å². The summed E-state index contributed by atoms with van der Waals surface area (Å²) in [6.07, 6.45) is -0.320. The molecule has 4 aliphatic heterocycles. The Kier molecular flexibility index (Phi) is 2.43. The number of ether oxygens (including phenoxy) is 1. The third-order valence-electron chi connectivity index (χ3n) is 5.20.